The van der Waals surface area contributed by atoms with Crippen molar-refractivity contribution in [2.75, 3.05) is 18.0 Å². The minimum Gasteiger partial charge on any atom is -0.370 e. The van der Waals surface area contributed by atoms with Crippen LogP contribution in [0.4, 0.5) is 5.69 Å². The molecule has 0 atom stereocenters. The molecule has 0 amide bonds. The first-order valence-corrected chi connectivity index (χ1v) is 12.3. The molecule has 0 bridgehead atoms. The third-order valence-electron chi connectivity index (χ3n) is 6.57. The predicted octanol–water partition coefficient (Wildman–Crippen LogP) is 5.75. The van der Waals surface area contributed by atoms with Gasteiger partial charge >= 0.3 is 0 Å². The summed E-state index contributed by atoms with van der Waals surface area (Å²) in [6.45, 7) is 10.7. The van der Waals surface area contributed by atoms with E-state index in [9.17, 15) is 4.79 Å². The van der Waals surface area contributed by atoms with Crippen molar-refractivity contribution in [3.63, 3.8) is 0 Å². The van der Waals surface area contributed by atoms with Crippen molar-refractivity contribution in [1.82, 2.24) is 18.8 Å². The number of fused-ring (bicyclic) bond motifs is 2. The molecule has 0 aromatic carbocycles. The van der Waals surface area contributed by atoms with Gasteiger partial charge in [0.05, 0.1) is 17.1 Å². The molecule has 0 radical (unpaired) electrons. The second-order valence-electron chi connectivity index (χ2n) is 8.97. The molecule has 0 spiro atoms. The molecule has 6 nitrogen and oxygen atoms in total. The van der Waals surface area contributed by atoms with Crippen molar-refractivity contribution in [2.45, 2.75) is 59.8 Å². The first-order chi connectivity index (χ1) is 16.0. The van der Waals surface area contributed by atoms with Gasteiger partial charge in [0.2, 0.25) is 0 Å². The van der Waals surface area contributed by atoms with Gasteiger partial charge in [-0.3, -0.25) is 9.20 Å². The second kappa shape index (κ2) is 10.2. The van der Waals surface area contributed by atoms with Crippen LogP contribution in [0.1, 0.15) is 58.6 Å². The van der Waals surface area contributed by atoms with E-state index in [4.69, 9.17) is 4.98 Å². The summed E-state index contributed by atoms with van der Waals surface area (Å²) < 4.78 is 3.64. The van der Waals surface area contributed by atoms with Gasteiger partial charge in [-0.25, -0.2) is 9.97 Å². The molecule has 33 heavy (non-hydrogen) atoms. The highest BCUT2D eigenvalue weighted by molar-refractivity contribution is 5.64. The Labute approximate surface area is 195 Å². The molecule has 0 saturated carbocycles. The van der Waals surface area contributed by atoms with E-state index < -0.39 is 0 Å². The highest BCUT2D eigenvalue weighted by atomic mass is 16.1. The largest absolute Gasteiger partial charge is 0.370 e. The zero-order valence-corrected chi connectivity index (χ0v) is 20.3. The lowest BCUT2D eigenvalue weighted by Gasteiger charge is -2.25. The average Bonchev–Trinajstić information content (AvgIpc) is 3.20. The number of hydrogen-bond donors (Lipinski definition) is 0. The first-order valence-electron chi connectivity index (χ1n) is 12.3. The summed E-state index contributed by atoms with van der Waals surface area (Å²) >= 11 is 0. The Morgan fingerprint density at radius 1 is 0.939 bits per heavy atom. The van der Waals surface area contributed by atoms with Gasteiger partial charge in [0, 0.05) is 43.3 Å². The molecule has 174 valence electrons. The van der Waals surface area contributed by atoms with Gasteiger partial charge in [-0.1, -0.05) is 33.6 Å². The number of hydrogen-bond acceptors (Lipinski definition) is 4. The fourth-order valence-electron chi connectivity index (χ4n) is 4.60. The van der Waals surface area contributed by atoms with Crippen LogP contribution in [0.3, 0.4) is 0 Å². The molecule has 0 aliphatic rings. The highest BCUT2D eigenvalue weighted by Crippen LogP contribution is 2.21. The number of imidazole rings is 1. The minimum absolute atomic E-state index is 0.0627. The van der Waals surface area contributed by atoms with Crippen LogP contribution in [0, 0.1) is 12.8 Å². The van der Waals surface area contributed by atoms with Crippen LogP contribution >= 0.6 is 0 Å². The summed E-state index contributed by atoms with van der Waals surface area (Å²) in [6.07, 6.45) is 11.9. The molecule has 4 rings (SSSR count). The molecule has 6 heteroatoms. The SMILES string of the molecule is CCCN(CCCC(CC)CC)c1ccc2nc(-c3ccc4nc(C)cn4c3)cc(=O)n2c1. The summed E-state index contributed by atoms with van der Waals surface area (Å²) in [5, 5.41) is 0. The molecule has 4 aromatic heterocycles. The molecular weight excluding hydrogens is 410 g/mol. The Kier molecular flexibility index (Phi) is 7.11. The van der Waals surface area contributed by atoms with Gasteiger partial charge in [-0.15, -0.1) is 0 Å². The van der Waals surface area contributed by atoms with E-state index >= 15 is 0 Å². The normalized spacial score (nSPS) is 11.7. The van der Waals surface area contributed by atoms with Crippen LogP contribution in [0.15, 0.2) is 53.7 Å². The lowest BCUT2D eigenvalue weighted by atomic mass is 9.97. The van der Waals surface area contributed by atoms with Crippen LogP contribution in [0.5, 0.6) is 0 Å². The van der Waals surface area contributed by atoms with Gasteiger partial charge in [0.15, 0.2) is 0 Å². The summed E-state index contributed by atoms with van der Waals surface area (Å²) in [6, 6.07) is 9.61. The van der Waals surface area contributed by atoms with Gasteiger partial charge in [-0.05, 0) is 56.4 Å². The van der Waals surface area contributed by atoms with Gasteiger partial charge in [0.1, 0.15) is 11.3 Å². The van der Waals surface area contributed by atoms with Crippen LogP contribution in [-0.4, -0.2) is 31.9 Å². The van der Waals surface area contributed by atoms with Crippen LogP contribution in [0.2, 0.25) is 0 Å². The second-order valence-corrected chi connectivity index (χ2v) is 8.97. The number of aromatic nitrogens is 4. The van der Waals surface area contributed by atoms with E-state index in [-0.39, 0.29) is 5.56 Å². The fraction of sp³-hybridized carbons (Fsp3) is 0.444. The molecule has 4 aromatic rings. The maximum absolute atomic E-state index is 13.0. The molecule has 4 heterocycles. The number of pyridine rings is 2. The number of nitrogens with zero attached hydrogens (tertiary/aromatic N) is 5. The van der Waals surface area contributed by atoms with Crippen molar-refractivity contribution >= 4 is 17.0 Å². The molecular formula is C27H35N5O. The monoisotopic (exact) mass is 445 g/mol. The maximum Gasteiger partial charge on any atom is 0.258 e. The maximum atomic E-state index is 13.0. The van der Waals surface area contributed by atoms with E-state index in [0.717, 1.165) is 48.0 Å². The Bertz CT molecular complexity index is 1280. The Hall–Kier alpha value is -3.15. The van der Waals surface area contributed by atoms with Crippen LogP contribution < -0.4 is 10.5 Å². The van der Waals surface area contributed by atoms with E-state index in [1.165, 1.54) is 25.7 Å². The van der Waals surface area contributed by atoms with Crippen molar-refractivity contribution in [3.05, 3.63) is 65.0 Å². The smallest absolute Gasteiger partial charge is 0.258 e. The average molecular weight is 446 g/mol. The number of anilines is 1. The molecule has 0 aliphatic heterocycles. The van der Waals surface area contributed by atoms with Crippen LogP contribution in [-0.2, 0) is 0 Å². The molecule has 0 fully saturated rings. The summed E-state index contributed by atoms with van der Waals surface area (Å²) in [7, 11) is 0. The molecule has 0 unspecified atom stereocenters. The Balaban J connectivity index is 1.61. The van der Waals surface area contributed by atoms with Gasteiger partial charge < -0.3 is 9.30 Å². The van der Waals surface area contributed by atoms with Gasteiger partial charge in [-0.2, -0.15) is 0 Å². The molecule has 0 saturated heterocycles. The minimum atomic E-state index is -0.0627. The van der Waals surface area contributed by atoms with E-state index in [0.29, 0.717) is 11.3 Å². The van der Waals surface area contributed by atoms with E-state index in [1.54, 1.807) is 10.5 Å². The topological polar surface area (TPSA) is 54.9 Å². The summed E-state index contributed by atoms with van der Waals surface area (Å²) in [5.41, 5.74) is 5.11. The van der Waals surface area contributed by atoms with Crippen LogP contribution in [0.25, 0.3) is 22.6 Å². The van der Waals surface area contributed by atoms with E-state index in [2.05, 4.69) is 36.7 Å². The lowest BCUT2D eigenvalue weighted by Crippen LogP contribution is -2.27. The number of rotatable bonds is 10. The quantitative estimate of drug-likeness (QED) is 0.312. The number of aryl methyl sites for hydroxylation is 1. The zero-order chi connectivity index (χ0) is 23.4. The predicted molar refractivity (Wildman–Crippen MR) is 136 cm³/mol. The Morgan fingerprint density at radius 3 is 2.48 bits per heavy atom. The first kappa shape index (κ1) is 23.0. The van der Waals surface area contributed by atoms with E-state index in [1.807, 2.05) is 48.1 Å². The highest BCUT2D eigenvalue weighted by Gasteiger charge is 2.12. The van der Waals surface area contributed by atoms with Crippen molar-refractivity contribution in [3.8, 4) is 11.3 Å². The molecule has 0 aliphatic carbocycles. The van der Waals surface area contributed by atoms with Crippen molar-refractivity contribution in [2.24, 2.45) is 5.92 Å². The Morgan fingerprint density at radius 2 is 1.73 bits per heavy atom. The fourth-order valence-corrected chi connectivity index (χ4v) is 4.60. The third-order valence-corrected chi connectivity index (χ3v) is 6.57. The summed E-state index contributed by atoms with van der Waals surface area (Å²) in [4.78, 5) is 24.7. The lowest BCUT2D eigenvalue weighted by molar-refractivity contribution is 0.440. The molecule has 0 N–H and O–H groups in total. The van der Waals surface area contributed by atoms with Gasteiger partial charge in [0.25, 0.3) is 5.56 Å². The van der Waals surface area contributed by atoms with Crippen molar-refractivity contribution < 1.29 is 0 Å². The third kappa shape index (κ3) is 5.10. The summed E-state index contributed by atoms with van der Waals surface area (Å²) in [5.74, 6) is 0.806. The zero-order valence-electron chi connectivity index (χ0n) is 20.3. The standard InChI is InChI=1S/C27H35N5O/c1-5-14-30(15-8-9-21(6-2)7-3)23-11-13-26-29-24(16-27(33)32(26)19-23)22-10-12-25-28-20(4)17-31(25)18-22/h10-13,16-19,21H,5-9,14-15H2,1-4H3. The van der Waals surface area contributed by atoms with Crippen molar-refractivity contribution in [1.29, 1.82) is 0 Å².